The van der Waals surface area contributed by atoms with Crippen molar-refractivity contribution in [1.29, 1.82) is 0 Å². The summed E-state index contributed by atoms with van der Waals surface area (Å²) in [5.74, 6) is 1.28. The molecular formula is C53H32N4O. The summed E-state index contributed by atoms with van der Waals surface area (Å²) in [6.45, 7) is 0. The lowest BCUT2D eigenvalue weighted by atomic mass is 10.00. The number of hydrogen-bond acceptors (Lipinski definition) is 4. The molecule has 3 aromatic heterocycles. The molecule has 270 valence electrons. The van der Waals surface area contributed by atoms with Gasteiger partial charge in [-0.15, -0.1) is 0 Å². The third-order valence-corrected chi connectivity index (χ3v) is 10.2. The highest BCUT2D eigenvalue weighted by molar-refractivity contribution is 6.28. The van der Waals surface area contributed by atoms with Crippen LogP contribution >= 0.6 is 0 Å². The summed E-state index contributed by atoms with van der Waals surface area (Å²) in [7, 11) is 0. The van der Waals surface area contributed by atoms with E-state index in [2.05, 4.69) is 0 Å². The van der Waals surface area contributed by atoms with Crippen molar-refractivity contribution in [3.8, 4) is 51.0 Å². The van der Waals surface area contributed by atoms with E-state index < -0.39 is 124 Å². The molecule has 0 radical (unpaired) electrons. The maximum atomic E-state index is 9.62. The second-order valence-electron chi connectivity index (χ2n) is 13.5. The van der Waals surface area contributed by atoms with Gasteiger partial charge in [0, 0.05) is 43.9 Å². The van der Waals surface area contributed by atoms with Gasteiger partial charge < -0.3 is 8.98 Å². The van der Waals surface area contributed by atoms with Crippen LogP contribution in [0, 0.1) is 0 Å². The van der Waals surface area contributed by atoms with E-state index in [-0.39, 0.29) is 32.7 Å². The average Bonchev–Trinajstić information content (AvgIpc) is 4.01. The highest BCUT2D eigenvalue weighted by Crippen LogP contribution is 2.42. The van der Waals surface area contributed by atoms with Gasteiger partial charge in [0.2, 0.25) is 0 Å². The molecule has 5 nitrogen and oxygen atoms in total. The number of fused-ring (bicyclic) bond motifs is 10. The van der Waals surface area contributed by atoms with E-state index in [0.717, 1.165) is 15.7 Å². The van der Waals surface area contributed by atoms with Gasteiger partial charge in [-0.2, -0.15) is 0 Å². The minimum absolute atomic E-state index is 0.164. The summed E-state index contributed by atoms with van der Waals surface area (Å²) in [5.41, 5.74) is 1.66. The molecule has 0 N–H and O–H groups in total. The molecule has 0 atom stereocenters. The Morgan fingerprint density at radius 1 is 0.414 bits per heavy atom. The number of nitrogens with zero attached hydrogens (tertiary/aromatic N) is 4. The number of benzene rings is 9. The summed E-state index contributed by atoms with van der Waals surface area (Å²) >= 11 is 0. The van der Waals surface area contributed by atoms with Gasteiger partial charge in [0.15, 0.2) is 17.5 Å². The summed E-state index contributed by atoms with van der Waals surface area (Å²) in [5, 5.41) is -0.772. The Hall–Kier alpha value is -7.89. The van der Waals surface area contributed by atoms with Crippen molar-refractivity contribution in [2.75, 3.05) is 0 Å². The molecule has 0 unspecified atom stereocenters. The van der Waals surface area contributed by atoms with Crippen LogP contribution < -0.4 is 0 Å². The first-order chi connectivity index (χ1) is 35.4. The molecule has 58 heavy (non-hydrogen) atoms. The predicted molar refractivity (Wildman–Crippen MR) is 238 cm³/mol. The Bertz CT molecular complexity index is 4290. The molecule has 5 heteroatoms. The molecule has 0 aliphatic rings. The maximum absolute atomic E-state index is 9.62. The van der Waals surface area contributed by atoms with Gasteiger partial charge in [0.1, 0.15) is 11.2 Å². The van der Waals surface area contributed by atoms with Gasteiger partial charge in [-0.1, -0.05) is 151 Å². The first-order valence-electron chi connectivity index (χ1n) is 26.2. The van der Waals surface area contributed by atoms with E-state index >= 15 is 0 Å². The second kappa shape index (κ2) is 12.8. The Balaban J connectivity index is 1.12. The van der Waals surface area contributed by atoms with Gasteiger partial charge in [-0.3, -0.25) is 0 Å². The molecule has 0 amide bonds. The van der Waals surface area contributed by atoms with Crippen LogP contribution in [0.3, 0.4) is 0 Å². The summed E-state index contributed by atoms with van der Waals surface area (Å²) in [6, 6.07) is 18.4. The number of furan rings is 1. The summed E-state index contributed by atoms with van der Waals surface area (Å²) in [6.07, 6.45) is 0. The third-order valence-electron chi connectivity index (χ3n) is 10.2. The standard InChI is InChI=1S/C53H32N4O/c1-3-14-36(15-4-1)51-54-52(37-16-5-2-6-17-37)56-53(55-51)43-20-11-21-46-48(43)42-29-24-38(32-47(42)58-46)33-22-27-39(28-23-33)57-44-30-25-34-12-7-9-18-40(34)49(44)50-41-19-10-8-13-35(41)26-31-45(50)57/h1-32H/i7D,8D,9D,10D,12D,13D,18D,19D,22D,23D,25D,26D,27D,28D,30D,31D. The van der Waals surface area contributed by atoms with Gasteiger partial charge in [-0.25, -0.2) is 15.0 Å². The Kier molecular flexibility index (Phi) is 4.50. The highest BCUT2D eigenvalue weighted by atomic mass is 16.3. The van der Waals surface area contributed by atoms with E-state index in [0.29, 0.717) is 45.0 Å². The van der Waals surface area contributed by atoms with E-state index in [1.165, 1.54) is 0 Å². The lowest BCUT2D eigenvalue weighted by Gasteiger charge is -2.10. The van der Waals surface area contributed by atoms with Gasteiger partial charge >= 0.3 is 0 Å². The predicted octanol–water partition coefficient (Wildman–Crippen LogP) is 13.8. The van der Waals surface area contributed by atoms with Crippen molar-refractivity contribution >= 4 is 65.3 Å². The number of rotatable bonds is 5. The van der Waals surface area contributed by atoms with Crippen LogP contribution in [0.4, 0.5) is 0 Å². The SMILES string of the molecule is [2H]c1c([2H])c(-n2c3c([2H])c([2H])c4c([2H])c([2H])c([2H])c([2H])c4c3c3c4c([2H])c([2H])c([2H])c([2H])c4c([2H])c([2H])c32)c([2H])c([2H])c1-c1ccc2c(c1)oc1cccc(-c3nc(-c4ccccc4)nc(-c4ccccc4)n3)c12. The van der Waals surface area contributed by atoms with Crippen LogP contribution in [-0.2, 0) is 0 Å². The third kappa shape index (κ3) is 5.07. The highest BCUT2D eigenvalue weighted by Gasteiger charge is 2.20. The van der Waals surface area contributed by atoms with Gasteiger partial charge in [0.25, 0.3) is 0 Å². The molecular weight excluding hydrogens is 709 g/mol. The molecule has 0 aliphatic heterocycles. The molecule has 3 heterocycles. The normalized spacial score (nSPS) is 15.7. The van der Waals surface area contributed by atoms with Crippen molar-refractivity contribution in [2.24, 2.45) is 0 Å². The fourth-order valence-corrected chi connectivity index (χ4v) is 7.61. The second-order valence-corrected chi connectivity index (χ2v) is 13.5. The zero-order valence-electron chi connectivity index (χ0n) is 45.9. The van der Waals surface area contributed by atoms with Crippen molar-refractivity contribution in [2.45, 2.75) is 0 Å². The van der Waals surface area contributed by atoms with Crippen LogP contribution in [0.5, 0.6) is 0 Å². The van der Waals surface area contributed by atoms with Crippen molar-refractivity contribution in [3.63, 3.8) is 0 Å². The average molecular weight is 757 g/mol. The molecule has 9 aromatic carbocycles. The molecule has 0 saturated carbocycles. The fourth-order valence-electron chi connectivity index (χ4n) is 7.61. The van der Waals surface area contributed by atoms with E-state index in [1.807, 2.05) is 66.7 Å². The van der Waals surface area contributed by atoms with Crippen LogP contribution in [0.2, 0.25) is 0 Å². The smallest absolute Gasteiger partial charge is 0.164 e. The molecule has 0 aliphatic carbocycles. The van der Waals surface area contributed by atoms with Crippen molar-refractivity contribution < 1.29 is 26.3 Å². The van der Waals surface area contributed by atoms with Gasteiger partial charge in [0.05, 0.1) is 33.0 Å². The molecule has 0 saturated heterocycles. The fraction of sp³-hybridized carbons (Fsp3) is 0. The first-order valence-corrected chi connectivity index (χ1v) is 18.2. The zero-order chi connectivity index (χ0) is 52.1. The Morgan fingerprint density at radius 2 is 1.00 bits per heavy atom. The van der Waals surface area contributed by atoms with E-state index in [9.17, 15) is 8.22 Å². The molecule has 0 spiro atoms. The largest absolute Gasteiger partial charge is 0.456 e. The maximum Gasteiger partial charge on any atom is 0.164 e. The lowest BCUT2D eigenvalue weighted by molar-refractivity contribution is 0.669. The summed E-state index contributed by atoms with van der Waals surface area (Å²) in [4.78, 5) is 14.7. The number of aromatic nitrogens is 4. The first kappa shape index (κ1) is 20.3. The zero-order valence-corrected chi connectivity index (χ0v) is 29.9. The topological polar surface area (TPSA) is 56.7 Å². The van der Waals surface area contributed by atoms with Crippen LogP contribution in [0.25, 0.3) is 116 Å². The molecule has 12 rings (SSSR count). The molecule has 12 aromatic rings. The van der Waals surface area contributed by atoms with Crippen molar-refractivity contribution in [1.82, 2.24) is 19.5 Å². The van der Waals surface area contributed by atoms with Crippen LogP contribution in [0.1, 0.15) is 21.9 Å². The Morgan fingerprint density at radius 3 is 1.62 bits per heavy atom. The molecule has 0 fully saturated rings. The summed E-state index contributed by atoms with van der Waals surface area (Å²) < 4.78 is 153. The Labute approximate surface area is 355 Å². The van der Waals surface area contributed by atoms with Crippen LogP contribution in [0.15, 0.2) is 198 Å². The number of hydrogen-bond donors (Lipinski definition) is 0. The monoisotopic (exact) mass is 756 g/mol. The van der Waals surface area contributed by atoms with Gasteiger partial charge in [-0.05, 0) is 75.0 Å². The quantitative estimate of drug-likeness (QED) is 0.175. The lowest BCUT2D eigenvalue weighted by Crippen LogP contribution is -2.00. The minimum Gasteiger partial charge on any atom is -0.456 e. The minimum atomic E-state index is -0.734. The van der Waals surface area contributed by atoms with Crippen molar-refractivity contribution in [3.05, 3.63) is 194 Å². The van der Waals surface area contributed by atoms with Crippen LogP contribution in [-0.4, -0.2) is 19.5 Å². The van der Waals surface area contributed by atoms with E-state index in [4.69, 9.17) is 33.1 Å². The van der Waals surface area contributed by atoms with E-state index in [1.54, 1.807) is 30.3 Å². The molecule has 0 bridgehead atoms.